The van der Waals surface area contributed by atoms with Crippen LogP contribution in [0.25, 0.3) is 10.1 Å². The van der Waals surface area contributed by atoms with E-state index < -0.39 is 31.5 Å². The number of thiophene rings is 1. The molecule has 0 spiro atoms. The first-order valence-electron chi connectivity index (χ1n) is 14.0. The van der Waals surface area contributed by atoms with Gasteiger partial charge >= 0.3 is 7.60 Å². The predicted octanol–water partition coefficient (Wildman–Crippen LogP) is 3.58. The molecular formula is C29H29FN5O6PS. The van der Waals surface area contributed by atoms with Crippen LogP contribution >= 0.6 is 18.9 Å². The Balaban J connectivity index is 1.13. The Kier molecular flexibility index (Phi) is 7.81. The number of benzene rings is 1. The summed E-state index contributed by atoms with van der Waals surface area (Å²) < 4.78 is 26.2. The third-order valence-electron chi connectivity index (χ3n) is 8.51. The van der Waals surface area contributed by atoms with Crippen LogP contribution in [0.2, 0.25) is 0 Å². The molecule has 43 heavy (non-hydrogen) atoms. The number of alkyl halides is 1. The minimum absolute atomic E-state index is 0.0336. The Morgan fingerprint density at radius 2 is 1.93 bits per heavy atom. The van der Waals surface area contributed by atoms with E-state index in [2.05, 4.69) is 10.3 Å². The van der Waals surface area contributed by atoms with Crippen molar-refractivity contribution in [3.8, 4) is 6.07 Å². The van der Waals surface area contributed by atoms with Crippen LogP contribution in [-0.4, -0.2) is 73.5 Å². The minimum Gasteiger partial charge on any atom is -0.340 e. The molecule has 14 heteroatoms. The number of likely N-dealkylation sites (tertiary alicyclic amines) is 1. The van der Waals surface area contributed by atoms with Gasteiger partial charge < -0.3 is 24.9 Å². The first-order valence-corrected chi connectivity index (χ1v) is 16.5. The Morgan fingerprint density at radius 3 is 2.67 bits per heavy atom. The molecular weight excluding hydrogens is 596 g/mol. The maximum Gasteiger partial charge on any atom is 0.363 e. The lowest BCUT2D eigenvalue weighted by Crippen LogP contribution is -2.58. The lowest BCUT2D eigenvalue weighted by atomic mass is 9.94. The van der Waals surface area contributed by atoms with Gasteiger partial charge in [0.1, 0.15) is 23.8 Å². The number of aromatic nitrogens is 1. The van der Waals surface area contributed by atoms with E-state index in [1.165, 1.54) is 24.3 Å². The molecule has 3 aliphatic heterocycles. The van der Waals surface area contributed by atoms with Crippen molar-refractivity contribution >= 4 is 46.7 Å². The fourth-order valence-electron chi connectivity index (χ4n) is 6.28. The van der Waals surface area contributed by atoms with E-state index in [9.17, 15) is 33.1 Å². The van der Waals surface area contributed by atoms with Gasteiger partial charge in [0.15, 0.2) is 0 Å². The van der Waals surface area contributed by atoms with Crippen LogP contribution in [0.5, 0.6) is 0 Å². The molecule has 3 saturated heterocycles. The molecule has 3 aromatic rings. The average Bonchev–Trinajstić information content (AvgIpc) is 3.55. The molecule has 5 heterocycles. The first kappa shape index (κ1) is 29.4. The quantitative estimate of drug-likeness (QED) is 0.350. The topological polar surface area (TPSA) is 164 Å². The molecule has 0 radical (unpaired) electrons. The van der Waals surface area contributed by atoms with Crippen LogP contribution in [0.3, 0.4) is 0 Å². The van der Waals surface area contributed by atoms with Gasteiger partial charge in [0.25, 0.3) is 5.91 Å². The number of rotatable bonds is 6. The number of hydrogen-bond acceptors (Lipinski definition) is 7. The van der Waals surface area contributed by atoms with Crippen molar-refractivity contribution in [3.63, 3.8) is 0 Å². The summed E-state index contributed by atoms with van der Waals surface area (Å²) in [7, 11) is -4.98. The van der Waals surface area contributed by atoms with Crippen molar-refractivity contribution < 1.29 is 33.1 Å². The minimum atomic E-state index is -4.98. The molecule has 1 aromatic carbocycles. The summed E-state index contributed by atoms with van der Waals surface area (Å²) in [4.78, 5) is 66.9. The van der Waals surface area contributed by atoms with E-state index in [-0.39, 0.29) is 34.2 Å². The first-order chi connectivity index (χ1) is 20.5. The lowest BCUT2D eigenvalue weighted by Gasteiger charge is -2.42. The molecule has 3 N–H and O–H groups in total. The zero-order chi connectivity index (χ0) is 30.5. The monoisotopic (exact) mass is 625 g/mol. The third-order valence-corrected chi connectivity index (χ3v) is 10.5. The van der Waals surface area contributed by atoms with Gasteiger partial charge in [0.05, 0.1) is 4.88 Å². The molecule has 6 rings (SSSR count). The second-order valence-corrected chi connectivity index (χ2v) is 14.0. The summed E-state index contributed by atoms with van der Waals surface area (Å²) in [5.74, 6) is -3.30. The normalized spacial score (nSPS) is 23.3. The molecule has 3 amide bonds. The van der Waals surface area contributed by atoms with Crippen LogP contribution in [0, 0.1) is 11.3 Å². The van der Waals surface area contributed by atoms with Crippen molar-refractivity contribution in [2.75, 3.05) is 13.1 Å². The summed E-state index contributed by atoms with van der Waals surface area (Å²) in [6.07, 6.45) is 3.16. The van der Waals surface area contributed by atoms with Crippen LogP contribution in [0.4, 0.5) is 4.39 Å². The standard InChI is InChI=1S/C29H29FN5O6PS/c30-26(42(39,40)41)16-7-10-24-17(11-16)12-25(43-24)27(36)33-22-6-2-4-20-8-9-23(35(20)28(22)37)29(38)34-14-18(15-34)21-5-1-3-19(13-31)32-21/h1,3,5,7,10-12,18,20,22-23,26H,2,4,6,8-9,14-15H2,(H,33,36)(H2,39,40,41)/t20-,22-,23-,26?/m0/s1. The van der Waals surface area contributed by atoms with Crippen LogP contribution in [0.15, 0.2) is 42.5 Å². The summed E-state index contributed by atoms with van der Waals surface area (Å²) >= 11 is 1.13. The molecule has 11 nitrogen and oxygen atoms in total. The van der Waals surface area contributed by atoms with Gasteiger partial charge in [-0.1, -0.05) is 12.1 Å². The Bertz CT molecular complexity index is 1700. The smallest absolute Gasteiger partial charge is 0.340 e. The molecule has 224 valence electrons. The lowest BCUT2D eigenvalue weighted by molar-refractivity contribution is -0.148. The highest BCUT2D eigenvalue weighted by molar-refractivity contribution is 7.51. The summed E-state index contributed by atoms with van der Waals surface area (Å²) in [6, 6.07) is 11.4. The summed E-state index contributed by atoms with van der Waals surface area (Å²) in [5.41, 5.74) is 0.920. The van der Waals surface area contributed by atoms with E-state index in [0.29, 0.717) is 54.6 Å². The number of nitriles is 1. The zero-order valence-corrected chi connectivity index (χ0v) is 24.6. The van der Waals surface area contributed by atoms with Crippen molar-refractivity contribution in [1.29, 1.82) is 5.26 Å². The highest BCUT2D eigenvalue weighted by Crippen LogP contribution is 2.53. The second kappa shape index (κ2) is 11.4. The molecule has 0 aliphatic carbocycles. The molecule has 3 aliphatic rings. The predicted molar refractivity (Wildman–Crippen MR) is 155 cm³/mol. The van der Waals surface area contributed by atoms with E-state index >= 15 is 0 Å². The Labute approximate surface area is 250 Å². The SMILES string of the molecule is N#Cc1cccc(C2CN(C(=O)[C@@H]3CC[C@@H]4CCC[C@H](NC(=O)c5cc6cc(C(F)P(=O)(O)O)ccc6s5)C(=O)N43)C2)n1. The number of nitrogens with one attached hydrogen (secondary N) is 1. The number of hydrogen-bond donors (Lipinski definition) is 3. The van der Waals surface area contributed by atoms with Gasteiger partial charge in [-0.3, -0.25) is 18.9 Å². The summed E-state index contributed by atoms with van der Waals surface area (Å²) in [6.45, 7) is 0.935. The maximum absolute atomic E-state index is 14.2. The van der Waals surface area contributed by atoms with Crippen molar-refractivity contribution in [2.45, 2.75) is 62.1 Å². The molecule has 3 fully saturated rings. The number of fused-ring (bicyclic) bond motifs is 2. The second-order valence-electron chi connectivity index (χ2n) is 11.3. The molecule has 0 bridgehead atoms. The molecule has 1 unspecified atom stereocenters. The van der Waals surface area contributed by atoms with Gasteiger partial charge in [-0.15, -0.1) is 11.3 Å². The third kappa shape index (κ3) is 5.68. The van der Waals surface area contributed by atoms with Gasteiger partial charge in [-0.2, -0.15) is 5.26 Å². The fraction of sp³-hybridized carbons (Fsp3) is 0.414. The van der Waals surface area contributed by atoms with Gasteiger partial charge in [-0.25, -0.2) is 9.37 Å². The summed E-state index contributed by atoms with van der Waals surface area (Å²) in [5, 5.41) is 12.4. The molecule has 0 saturated carbocycles. The Morgan fingerprint density at radius 1 is 1.14 bits per heavy atom. The van der Waals surface area contributed by atoms with Gasteiger partial charge in [-0.05, 0) is 73.4 Å². The zero-order valence-electron chi connectivity index (χ0n) is 22.9. The van der Waals surface area contributed by atoms with E-state index in [4.69, 9.17) is 5.26 Å². The average molecular weight is 626 g/mol. The van der Waals surface area contributed by atoms with Gasteiger partial charge in [0.2, 0.25) is 17.7 Å². The fourth-order valence-corrected chi connectivity index (χ4v) is 7.78. The number of carbonyl (C=O) groups is 3. The molecule has 2 aromatic heterocycles. The van der Waals surface area contributed by atoms with Crippen molar-refractivity contribution in [2.24, 2.45) is 0 Å². The largest absolute Gasteiger partial charge is 0.363 e. The maximum atomic E-state index is 14.2. The number of nitrogens with zero attached hydrogens (tertiary/aromatic N) is 4. The van der Waals surface area contributed by atoms with E-state index in [1.54, 1.807) is 21.9 Å². The number of pyridine rings is 1. The molecule has 4 atom stereocenters. The van der Waals surface area contributed by atoms with Crippen LogP contribution < -0.4 is 5.32 Å². The van der Waals surface area contributed by atoms with Crippen molar-refractivity contribution in [1.82, 2.24) is 20.1 Å². The number of halogens is 1. The van der Waals surface area contributed by atoms with Crippen LogP contribution in [-0.2, 0) is 14.2 Å². The number of carbonyl (C=O) groups excluding carboxylic acids is 3. The van der Waals surface area contributed by atoms with E-state index in [0.717, 1.165) is 23.5 Å². The number of amides is 3. The van der Waals surface area contributed by atoms with Crippen LogP contribution in [0.1, 0.15) is 70.6 Å². The Hall–Kier alpha value is -3.69. The highest BCUT2D eigenvalue weighted by Gasteiger charge is 2.47. The highest BCUT2D eigenvalue weighted by atomic mass is 32.1. The van der Waals surface area contributed by atoms with Crippen molar-refractivity contribution in [3.05, 3.63) is 64.3 Å². The van der Waals surface area contributed by atoms with E-state index in [1.807, 2.05) is 12.1 Å². The van der Waals surface area contributed by atoms with Gasteiger partial charge in [0, 0.05) is 35.4 Å².